The number of methoxy groups -OCH3 is 1. The van der Waals surface area contributed by atoms with E-state index in [0.29, 0.717) is 23.9 Å². The predicted molar refractivity (Wildman–Crippen MR) is 143 cm³/mol. The number of amides is 1. The maximum absolute atomic E-state index is 12.1. The third kappa shape index (κ3) is 10.0. The van der Waals surface area contributed by atoms with Crippen LogP contribution in [0.4, 0.5) is 0 Å². The summed E-state index contributed by atoms with van der Waals surface area (Å²) >= 11 is 0. The van der Waals surface area contributed by atoms with E-state index in [2.05, 4.69) is 64.2 Å². The number of carbonyl (C=O) groups is 1. The Hall–Kier alpha value is -3.02. The summed E-state index contributed by atoms with van der Waals surface area (Å²) < 4.78 is 16.8. The Labute approximate surface area is 211 Å². The summed E-state index contributed by atoms with van der Waals surface area (Å²) in [5.41, 5.74) is 4.84. The molecule has 0 aliphatic rings. The van der Waals surface area contributed by atoms with Crippen LogP contribution in [-0.2, 0) is 10.2 Å². The summed E-state index contributed by atoms with van der Waals surface area (Å²) in [6.45, 7) is 14.0. The molecule has 6 heteroatoms. The fourth-order valence-electron chi connectivity index (χ4n) is 4.21. The van der Waals surface area contributed by atoms with Gasteiger partial charge in [-0.1, -0.05) is 66.5 Å². The van der Waals surface area contributed by atoms with E-state index in [9.17, 15) is 4.79 Å². The smallest absolute Gasteiger partial charge is 0.277 e. The van der Waals surface area contributed by atoms with Crippen molar-refractivity contribution in [3.8, 4) is 17.2 Å². The van der Waals surface area contributed by atoms with Crippen LogP contribution < -0.4 is 19.6 Å². The van der Waals surface area contributed by atoms with E-state index < -0.39 is 0 Å². The number of ether oxygens (including phenoxy) is 3. The Kier molecular flexibility index (Phi) is 10.6. The lowest BCUT2D eigenvalue weighted by Crippen LogP contribution is -2.25. The summed E-state index contributed by atoms with van der Waals surface area (Å²) in [4.78, 5) is 12.1. The van der Waals surface area contributed by atoms with Gasteiger partial charge in [-0.25, -0.2) is 5.43 Å². The summed E-state index contributed by atoms with van der Waals surface area (Å²) in [5, 5.41) is 4.02. The zero-order chi connectivity index (χ0) is 25.9. The molecule has 0 bridgehead atoms. The molecule has 0 heterocycles. The van der Waals surface area contributed by atoms with E-state index in [1.807, 2.05) is 30.3 Å². The minimum Gasteiger partial charge on any atom is -0.493 e. The van der Waals surface area contributed by atoms with Gasteiger partial charge in [0.15, 0.2) is 18.1 Å². The number of unbranched alkanes of at least 4 members (excludes halogenated alkanes) is 2. The standard InChI is InChI=1S/C29H42N2O4/c1-8-9-10-17-34-25-16-11-22(18-26(25)33-7)19-30-31-27(32)20-35-24-14-12-23(13-15-24)29(5,6)21-28(2,3)4/h11-16,18-19H,8-10,17,20-21H2,1-7H3,(H,31,32)/b30-19+. The molecule has 0 aromatic heterocycles. The van der Waals surface area contributed by atoms with Gasteiger partial charge in [0, 0.05) is 0 Å². The van der Waals surface area contributed by atoms with Crippen LogP contribution in [0.3, 0.4) is 0 Å². The van der Waals surface area contributed by atoms with Gasteiger partial charge in [-0.05, 0) is 65.1 Å². The minimum atomic E-state index is -0.332. The number of nitrogens with one attached hydrogen (secondary N) is 1. The molecule has 0 spiro atoms. The molecule has 0 unspecified atom stereocenters. The Bertz CT molecular complexity index is 960. The van der Waals surface area contributed by atoms with Crippen molar-refractivity contribution in [1.82, 2.24) is 5.43 Å². The molecule has 2 aromatic carbocycles. The van der Waals surface area contributed by atoms with Crippen LogP contribution in [0.2, 0.25) is 0 Å². The zero-order valence-electron chi connectivity index (χ0n) is 22.4. The number of hydrogen-bond acceptors (Lipinski definition) is 5. The lowest BCUT2D eigenvalue weighted by molar-refractivity contribution is -0.123. The van der Waals surface area contributed by atoms with Crippen molar-refractivity contribution in [2.24, 2.45) is 10.5 Å². The number of rotatable bonds is 13. The van der Waals surface area contributed by atoms with Gasteiger partial charge in [-0.3, -0.25) is 4.79 Å². The highest BCUT2D eigenvalue weighted by Gasteiger charge is 2.27. The first kappa shape index (κ1) is 28.2. The quantitative estimate of drug-likeness (QED) is 0.201. The highest BCUT2D eigenvalue weighted by Crippen LogP contribution is 2.36. The SMILES string of the molecule is CCCCCOc1ccc(/C=N/NC(=O)COc2ccc(C(C)(C)CC(C)(C)C)cc2)cc1OC. The van der Waals surface area contributed by atoms with Gasteiger partial charge in [0.25, 0.3) is 5.91 Å². The molecule has 0 saturated heterocycles. The van der Waals surface area contributed by atoms with Crippen LogP contribution >= 0.6 is 0 Å². The van der Waals surface area contributed by atoms with E-state index in [1.165, 1.54) is 5.56 Å². The lowest BCUT2D eigenvalue weighted by atomic mass is 9.72. The molecule has 2 aromatic rings. The number of nitrogens with zero attached hydrogens (tertiary/aromatic N) is 1. The van der Waals surface area contributed by atoms with Crippen molar-refractivity contribution in [3.63, 3.8) is 0 Å². The van der Waals surface area contributed by atoms with Crippen LogP contribution in [0, 0.1) is 5.41 Å². The van der Waals surface area contributed by atoms with Crippen LogP contribution in [0.5, 0.6) is 17.2 Å². The first-order valence-corrected chi connectivity index (χ1v) is 12.4. The zero-order valence-corrected chi connectivity index (χ0v) is 22.4. The van der Waals surface area contributed by atoms with Crippen molar-refractivity contribution in [3.05, 3.63) is 53.6 Å². The first-order chi connectivity index (χ1) is 16.5. The third-order valence-corrected chi connectivity index (χ3v) is 5.57. The van der Waals surface area contributed by atoms with Gasteiger partial charge in [0.1, 0.15) is 5.75 Å². The van der Waals surface area contributed by atoms with E-state index in [-0.39, 0.29) is 23.3 Å². The largest absolute Gasteiger partial charge is 0.493 e. The second kappa shape index (κ2) is 13.2. The lowest BCUT2D eigenvalue weighted by Gasteiger charge is -2.33. The summed E-state index contributed by atoms with van der Waals surface area (Å²) in [6.07, 6.45) is 5.93. The van der Waals surface area contributed by atoms with E-state index >= 15 is 0 Å². The molecule has 0 saturated carbocycles. The van der Waals surface area contributed by atoms with E-state index in [4.69, 9.17) is 14.2 Å². The van der Waals surface area contributed by atoms with Crippen LogP contribution in [0.1, 0.15) is 78.4 Å². The van der Waals surface area contributed by atoms with E-state index in [0.717, 1.165) is 31.2 Å². The average Bonchev–Trinajstić information content (AvgIpc) is 2.80. The van der Waals surface area contributed by atoms with Crippen molar-refractivity contribution in [2.75, 3.05) is 20.3 Å². The maximum atomic E-state index is 12.1. The molecular formula is C29H42N2O4. The molecular weight excluding hydrogens is 440 g/mol. The molecule has 1 amide bonds. The van der Waals surface area contributed by atoms with Gasteiger partial charge in [0.2, 0.25) is 0 Å². The van der Waals surface area contributed by atoms with Crippen LogP contribution in [-0.4, -0.2) is 32.4 Å². The first-order valence-electron chi connectivity index (χ1n) is 12.4. The predicted octanol–water partition coefficient (Wildman–Crippen LogP) is 6.51. The molecule has 2 rings (SSSR count). The van der Waals surface area contributed by atoms with Gasteiger partial charge < -0.3 is 14.2 Å². The molecule has 192 valence electrons. The Morgan fingerprint density at radius 3 is 2.31 bits per heavy atom. The second-order valence-electron chi connectivity index (χ2n) is 10.7. The molecule has 35 heavy (non-hydrogen) atoms. The van der Waals surface area contributed by atoms with Crippen LogP contribution in [0.25, 0.3) is 0 Å². The Morgan fingerprint density at radius 2 is 1.69 bits per heavy atom. The number of carbonyl (C=O) groups excluding carboxylic acids is 1. The molecule has 0 atom stereocenters. The number of hydrogen-bond donors (Lipinski definition) is 1. The molecule has 0 aliphatic heterocycles. The summed E-state index contributed by atoms with van der Waals surface area (Å²) in [5.74, 6) is 1.65. The van der Waals surface area contributed by atoms with Crippen molar-refractivity contribution in [2.45, 2.75) is 72.6 Å². The monoisotopic (exact) mass is 482 g/mol. The molecule has 0 aliphatic carbocycles. The van der Waals surface area contributed by atoms with Gasteiger partial charge in [-0.2, -0.15) is 5.10 Å². The fraction of sp³-hybridized carbons (Fsp3) is 0.517. The average molecular weight is 483 g/mol. The van der Waals surface area contributed by atoms with Crippen molar-refractivity contribution < 1.29 is 19.0 Å². The normalized spacial score (nSPS) is 12.0. The number of benzene rings is 2. The molecule has 0 radical (unpaired) electrons. The van der Waals surface area contributed by atoms with Gasteiger partial charge in [0.05, 0.1) is 19.9 Å². The van der Waals surface area contributed by atoms with Crippen molar-refractivity contribution >= 4 is 12.1 Å². The Balaban J connectivity index is 1.84. The Morgan fingerprint density at radius 1 is 0.971 bits per heavy atom. The summed E-state index contributed by atoms with van der Waals surface area (Å²) in [6, 6.07) is 13.5. The minimum absolute atomic E-state index is 0.0604. The third-order valence-electron chi connectivity index (χ3n) is 5.57. The summed E-state index contributed by atoms with van der Waals surface area (Å²) in [7, 11) is 1.60. The molecule has 1 N–H and O–H groups in total. The topological polar surface area (TPSA) is 69.2 Å². The highest BCUT2D eigenvalue weighted by atomic mass is 16.5. The van der Waals surface area contributed by atoms with Gasteiger partial charge in [-0.15, -0.1) is 0 Å². The van der Waals surface area contributed by atoms with Crippen LogP contribution in [0.15, 0.2) is 47.6 Å². The van der Waals surface area contributed by atoms with E-state index in [1.54, 1.807) is 13.3 Å². The second-order valence-corrected chi connectivity index (χ2v) is 10.7. The van der Waals surface area contributed by atoms with Gasteiger partial charge >= 0.3 is 0 Å². The molecule has 6 nitrogen and oxygen atoms in total. The fourth-order valence-corrected chi connectivity index (χ4v) is 4.21. The van der Waals surface area contributed by atoms with Crippen molar-refractivity contribution in [1.29, 1.82) is 0 Å². The maximum Gasteiger partial charge on any atom is 0.277 e. The number of hydrazone groups is 1. The molecule has 0 fully saturated rings. The highest BCUT2D eigenvalue weighted by molar-refractivity contribution is 5.83.